The number of halogens is 3. The molecule has 2 unspecified atom stereocenters. The quantitative estimate of drug-likeness (QED) is 0.831. The molecule has 5 nitrogen and oxygen atoms in total. The number of morpholine rings is 1. The third-order valence-corrected chi connectivity index (χ3v) is 3.94. The van der Waals surface area contributed by atoms with Crippen LogP contribution in [0.5, 0.6) is 0 Å². The normalized spacial score (nSPS) is 27.6. The average molecular weight is 296 g/mol. The lowest BCUT2D eigenvalue weighted by atomic mass is 10.1. The molecule has 2 heterocycles. The predicted molar refractivity (Wildman–Crippen MR) is 64.5 cm³/mol. The largest absolute Gasteiger partial charge is 0.481 e. The van der Waals surface area contributed by atoms with E-state index in [1.54, 1.807) is 0 Å². The van der Waals surface area contributed by atoms with Gasteiger partial charge in [0.2, 0.25) is 0 Å². The average Bonchev–Trinajstić information content (AvgIpc) is 2.84. The molecule has 0 bridgehead atoms. The standard InChI is InChI=1S/C12H19F3N2O3/c13-12(14,15)10(7-11(18)19)17-2-1-9(8-17)16-3-5-20-6-4-16/h9-10H,1-8H2,(H,18,19). The molecule has 2 atom stereocenters. The molecular weight excluding hydrogens is 277 g/mol. The third-order valence-electron chi connectivity index (χ3n) is 3.94. The molecule has 0 amide bonds. The molecule has 2 fully saturated rings. The van der Waals surface area contributed by atoms with Crippen molar-refractivity contribution in [2.45, 2.75) is 31.1 Å². The van der Waals surface area contributed by atoms with Crippen molar-refractivity contribution in [1.82, 2.24) is 9.80 Å². The fourth-order valence-electron chi connectivity index (χ4n) is 2.91. The van der Waals surface area contributed by atoms with Crippen molar-refractivity contribution in [1.29, 1.82) is 0 Å². The first-order chi connectivity index (χ1) is 9.38. The van der Waals surface area contributed by atoms with E-state index >= 15 is 0 Å². The highest BCUT2D eigenvalue weighted by molar-refractivity contribution is 5.67. The van der Waals surface area contributed by atoms with Crippen LogP contribution in [-0.2, 0) is 9.53 Å². The van der Waals surface area contributed by atoms with Gasteiger partial charge < -0.3 is 9.84 Å². The maximum absolute atomic E-state index is 13.0. The summed E-state index contributed by atoms with van der Waals surface area (Å²) in [5.74, 6) is -1.41. The van der Waals surface area contributed by atoms with Crippen molar-refractivity contribution in [3.8, 4) is 0 Å². The van der Waals surface area contributed by atoms with Crippen LogP contribution in [0, 0.1) is 0 Å². The highest BCUT2D eigenvalue weighted by atomic mass is 19.4. The van der Waals surface area contributed by atoms with E-state index in [2.05, 4.69) is 4.90 Å². The summed E-state index contributed by atoms with van der Waals surface area (Å²) in [7, 11) is 0. The van der Waals surface area contributed by atoms with Crippen LogP contribution < -0.4 is 0 Å². The molecule has 0 saturated carbocycles. The van der Waals surface area contributed by atoms with Crippen LogP contribution in [0.25, 0.3) is 0 Å². The zero-order chi connectivity index (χ0) is 14.8. The van der Waals surface area contributed by atoms with Crippen molar-refractivity contribution in [2.75, 3.05) is 39.4 Å². The maximum atomic E-state index is 13.0. The molecule has 0 radical (unpaired) electrons. The van der Waals surface area contributed by atoms with Gasteiger partial charge in [0.1, 0.15) is 6.04 Å². The predicted octanol–water partition coefficient (Wildman–Crippen LogP) is 0.798. The van der Waals surface area contributed by atoms with Crippen LogP contribution in [0.2, 0.25) is 0 Å². The lowest BCUT2D eigenvalue weighted by molar-refractivity contribution is -0.188. The Labute approximate surface area is 115 Å². The summed E-state index contributed by atoms with van der Waals surface area (Å²) in [6.07, 6.45) is -4.75. The number of likely N-dealkylation sites (tertiary alicyclic amines) is 1. The lowest BCUT2D eigenvalue weighted by Gasteiger charge is -2.33. The molecule has 1 N–H and O–H groups in total. The van der Waals surface area contributed by atoms with Crippen LogP contribution in [0.1, 0.15) is 12.8 Å². The highest BCUT2D eigenvalue weighted by Gasteiger charge is 2.47. The number of carbonyl (C=O) groups is 1. The fraction of sp³-hybridized carbons (Fsp3) is 0.917. The van der Waals surface area contributed by atoms with E-state index in [1.807, 2.05) is 0 Å². The number of alkyl halides is 3. The Bertz CT molecular complexity index is 345. The summed E-state index contributed by atoms with van der Waals surface area (Å²) in [6, 6.07) is -1.82. The summed E-state index contributed by atoms with van der Waals surface area (Å²) in [5, 5.41) is 8.67. The summed E-state index contributed by atoms with van der Waals surface area (Å²) in [6.45, 7) is 3.24. The number of hydrogen-bond acceptors (Lipinski definition) is 4. The van der Waals surface area contributed by atoms with E-state index < -0.39 is 24.6 Å². The van der Waals surface area contributed by atoms with E-state index in [0.29, 0.717) is 26.2 Å². The smallest absolute Gasteiger partial charge is 0.404 e. The Morgan fingerprint density at radius 1 is 1.30 bits per heavy atom. The second-order valence-electron chi connectivity index (χ2n) is 5.24. The van der Waals surface area contributed by atoms with Crippen molar-refractivity contribution >= 4 is 5.97 Å². The number of hydrogen-bond donors (Lipinski definition) is 1. The number of carboxylic acid groups (broad SMARTS) is 1. The van der Waals surface area contributed by atoms with Gasteiger partial charge in [-0.15, -0.1) is 0 Å². The molecule has 20 heavy (non-hydrogen) atoms. The van der Waals surface area contributed by atoms with Gasteiger partial charge in [-0.1, -0.05) is 0 Å². The first-order valence-electron chi connectivity index (χ1n) is 6.72. The monoisotopic (exact) mass is 296 g/mol. The van der Waals surface area contributed by atoms with Crippen molar-refractivity contribution < 1.29 is 27.8 Å². The molecule has 0 aromatic rings. The van der Waals surface area contributed by atoms with E-state index in [4.69, 9.17) is 9.84 Å². The molecule has 0 aromatic heterocycles. The van der Waals surface area contributed by atoms with E-state index in [1.165, 1.54) is 4.90 Å². The molecule has 2 aliphatic heterocycles. The SMILES string of the molecule is O=C(O)CC(N1CCC(N2CCOCC2)C1)C(F)(F)F. The van der Waals surface area contributed by atoms with Gasteiger partial charge in [0.05, 0.1) is 19.6 Å². The summed E-state index contributed by atoms with van der Waals surface area (Å²) >= 11 is 0. The molecule has 116 valence electrons. The second kappa shape index (κ2) is 6.28. The van der Waals surface area contributed by atoms with Crippen molar-refractivity contribution in [2.24, 2.45) is 0 Å². The first-order valence-corrected chi connectivity index (χ1v) is 6.72. The van der Waals surface area contributed by atoms with E-state index in [0.717, 1.165) is 13.1 Å². The number of aliphatic carboxylic acids is 1. The lowest BCUT2D eigenvalue weighted by Crippen LogP contribution is -2.49. The van der Waals surface area contributed by atoms with Crippen molar-refractivity contribution in [3.63, 3.8) is 0 Å². The number of ether oxygens (including phenoxy) is 1. The third kappa shape index (κ3) is 3.83. The van der Waals surface area contributed by atoms with E-state index in [-0.39, 0.29) is 12.6 Å². The van der Waals surface area contributed by atoms with Gasteiger partial charge in [-0.25, -0.2) is 0 Å². The summed E-state index contributed by atoms with van der Waals surface area (Å²) in [4.78, 5) is 14.0. The first kappa shape index (κ1) is 15.5. The molecule has 0 aliphatic carbocycles. The van der Waals surface area contributed by atoms with Gasteiger partial charge in [-0.3, -0.25) is 14.6 Å². The minimum Gasteiger partial charge on any atom is -0.481 e. The Balaban J connectivity index is 1.96. The minimum atomic E-state index is -4.50. The Hall–Kier alpha value is -0.860. The van der Waals surface area contributed by atoms with Gasteiger partial charge in [-0.2, -0.15) is 13.2 Å². The Morgan fingerprint density at radius 2 is 1.95 bits per heavy atom. The van der Waals surface area contributed by atoms with Crippen LogP contribution in [0.15, 0.2) is 0 Å². The molecule has 2 rings (SSSR count). The fourth-order valence-corrected chi connectivity index (χ4v) is 2.91. The van der Waals surface area contributed by atoms with Crippen molar-refractivity contribution in [3.05, 3.63) is 0 Å². The molecule has 8 heteroatoms. The molecular formula is C12H19F3N2O3. The molecule has 2 aliphatic rings. The molecule has 0 aromatic carbocycles. The summed E-state index contributed by atoms with van der Waals surface area (Å²) < 4.78 is 44.1. The number of carboxylic acids is 1. The van der Waals surface area contributed by atoms with Crippen LogP contribution in [-0.4, -0.2) is 78.5 Å². The Kier molecular flexibility index (Phi) is 4.87. The van der Waals surface area contributed by atoms with E-state index in [9.17, 15) is 18.0 Å². The zero-order valence-corrected chi connectivity index (χ0v) is 11.1. The number of rotatable bonds is 4. The summed E-state index contributed by atoms with van der Waals surface area (Å²) in [5.41, 5.74) is 0. The maximum Gasteiger partial charge on any atom is 0.404 e. The van der Waals surface area contributed by atoms with Gasteiger partial charge in [0, 0.05) is 32.2 Å². The second-order valence-corrected chi connectivity index (χ2v) is 5.24. The number of nitrogens with zero attached hydrogens (tertiary/aromatic N) is 2. The van der Waals surface area contributed by atoms with Gasteiger partial charge in [0.25, 0.3) is 0 Å². The van der Waals surface area contributed by atoms with Crippen LogP contribution in [0.4, 0.5) is 13.2 Å². The van der Waals surface area contributed by atoms with Gasteiger partial charge in [-0.05, 0) is 6.42 Å². The topological polar surface area (TPSA) is 53.0 Å². The minimum absolute atomic E-state index is 0.0672. The van der Waals surface area contributed by atoms with Crippen LogP contribution in [0.3, 0.4) is 0 Å². The highest BCUT2D eigenvalue weighted by Crippen LogP contribution is 2.31. The van der Waals surface area contributed by atoms with Gasteiger partial charge >= 0.3 is 12.1 Å². The van der Waals surface area contributed by atoms with Crippen LogP contribution >= 0.6 is 0 Å². The van der Waals surface area contributed by atoms with Gasteiger partial charge in [0.15, 0.2) is 0 Å². The zero-order valence-electron chi connectivity index (χ0n) is 11.1. The molecule has 2 saturated heterocycles. The Morgan fingerprint density at radius 3 is 2.50 bits per heavy atom. The molecule has 0 spiro atoms.